The lowest BCUT2D eigenvalue weighted by Gasteiger charge is -2.58. The van der Waals surface area contributed by atoms with E-state index in [2.05, 4.69) is 20.8 Å². The summed E-state index contributed by atoms with van der Waals surface area (Å²) in [5.41, 5.74) is 6.09. The van der Waals surface area contributed by atoms with E-state index in [1.165, 1.54) is 0 Å². The fourth-order valence-electron chi connectivity index (χ4n) is 6.14. The van der Waals surface area contributed by atoms with Crippen LogP contribution in [-0.2, 0) is 4.79 Å². The Morgan fingerprint density at radius 2 is 1.87 bits per heavy atom. The molecule has 1 amide bonds. The molecule has 4 nitrogen and oxygen atoms in total. The summed E-state index contributed by atoms with van der Waals surface area (Å²) in [6.45, 7) is 8.55. The highest BCUT2D eigenvalue weighted by Crippen LogP contribution is 2.59. The van der Waals surface area contributed by atoms with E-state index >= 15 is 0 Å². The van der Waals surface area contributed by atoms with Crippen molar-refractivity contribution in [2.45, 2.75) is 83.8 Å². The first-order valence-corrected chi connectivity index (χ1v) is 9.44. The van der Waals surface area contributed by atoms with E-state index in [-0.39, 0.29) is 22.7 Å². The third-order valence-electron chi connectivity index (χ3n) is 6.83. The molecule has 3 aliphatic rings. The van der Waals surface area contributed by atoms with Crippen LogP contribution in [0.3, 0.4) is 0 Å². The van der Waals surface area contributed by atoms with Crippen LogP contribution >= 0.6 is 0 Å². The molecule has 3 N–H and O–H groups in total. The molecule has 0 radical (unpaired) electrons. The van der Waals surface area contributed by atoms with E-state index in [4.69, 9.17) is 5.73 Å². The summed E-state index contributed by atoms with van der Waals surface area (Å²) in [6, 6.07) is -0.440. The van der Waals surface area contributed by atoms with E-state index in [1.807, 2.05) is 4.90 Å². The number of nitrogens with two attached hydrogens (primary N) is 1. The van der Waals surface area contributed by atoms with Gasteiger partial charge in [-0.25, -0.2) is 0 Å². The van der Waals surface area contributed by atoms with E-state index in [0.717, 1.165) is 58.0 Å². The van der Waals surface area contributed by atoms with Gasteiger partial charge in [0.15, 0.2) is 0 Å². The van der Waals surface area contributed by atoms with E-state index in [9.17, 15) is 9.90 Å². The summed E-state index contributed by atoms with van der Waals surface area (Å²) >= 11 is 0. The van der Waals surface area contributed by atoms with Crippen molar-refractivity contribution in [1.82, 2.24) is 4.90 Å². The minimum Gasteiger partial charge on any atom is -0.390 e. The van der Waals surface area contributed by atoms with Crippen molar-refractivity contribution in [2.75, 3.05) is 13.1 Å². The molecule has 3 fully saturated rings. The third-order valence-corrected chi connectivity index (χ3v) is 6.83. The van der Waals surface area contributed by atoms with Gasteiger partial charge in [0.05, 0.1) is 11.6 Å². The van der Waals surface area contributed by atoms with Crippen molar-refractivity contribution in [3.8, 4) is 0 Å². The van der Waals surface area contributed by atoms with Gasteiger partial charge >= 0.3 is 0 Å². The smallest absolute Gasteiger partial charge is 0.239 e. The summed E-state index contributed by atoms with van der Waals surface area (Å²) in [5, 5.41) is 11.2. The zero-order valence-electron chi connectivity index (χ0n) is 15.1. The quantitative estimate of drug-likeness (QED) is 0.839. The summed E-state index contributed by atoms with van der Waals surface area (Å²) in [7, 11) is 0. The number of aliphatic hydroxyl groups is 1. The van der Waals surface area contributed by atoms with Crippen LogP contribution in [0.1, 0.15) is 72.1 Å². The highest BCUT2D eigenvalue weighted by atomic mass is 16.3. The first-order chi connectivity index (χ1) is 10.7. The standard InChI is InChI=1S/C19H34N2O2/c1-4-17(2)11-18(3)9-14(10-19(23,12-17)13-18)15(20)16(22)21-7-5-6-8-21/h14-15,23H,4-13,20H2,1-3H3/t14?,15-,17?,18?,19?/m0/s1. The van der Waals surface area contributed by atoms with Crippen molar-refractivity contribution in [3.63, 3.8) is 0 Å². The number of hydrogen-bond acceptors (Lipinski definition) is 3. The lowest BCUT2D eigenvalue weighted by molar-refractivity contribution is -0.153. The number of fused-ring (bicyclic) bond motifs is 2. The molecule has 0 aromatic rings. The number of likely N-dealkylation sites (tertiary alicyclic amines) is 1. The van der Waals surface area contributed by atoms with Gasteiger partial charge in [0.2, 0.25) is 5.91 Å². The third kappa shape index (κ3) is 3.30. The molecule has 0 spiro atoms. The van der Waals surface area contributed by atoms with Crippen LogP contribution in [0.4, 0.5) is 0 Å². The molecule has 2 aliphatic carbocycles. The Bertz CT molecular complexity index is 454. The molecule has 0 aromatic heterocycles. The first kappa shape index (κ1) is 17.2. The predicted molar refractivity (Wildman–Crippen MR) is 91.8 cm³/mol. The van der Waals surface area contributed by atoms with Crippen LogP contribution in [-0.4, -0.2) is 40.6 Å². The monoisotopic (exact) mass is 322 g/mol. The minimum atomic E-state index is -0.635. The molecule has 2 bridgehead atoms. The van der Waals surface area contributed by atoms with Gasteiger partial charge in [0.1, 0.15) is 0 Å². The number of carbonyl (C=O) groups is 1. The molecule has 4 heteroatoms. The second kappa shape index (κ2) is 5.73. The Morgan fingerprint density at radius 1 is 1.22 bits per heavy atom. The number of hydrogen-bond donors (Lipinski definition) is 2. The first-order valence-electron chi connectivity index (χ1n) is 9.44. The fraction of sp³-hybridized carbons (Fsp3) is 0.947. The Labute approximate surface area is 140 Å². The summed E-state index contributed by atoms with van der Waals surface area (Å²) < 4.78 is 0. The zero-order valence-corrected chi connectivity index (χ0v) is 15.1. The van der Waals surface area contributed by atoms with Gasteiger partial charge in [-0.15, -0.1) is 0 Å². The van der Waals surface area contributed by atoms with E-state index in [0.29, 0.717) is 6.42 Å². The van der Waals surface area contributed by atoms with Crippen molar-refractivity contribution < 1.29 is 9.90 Å². The van der Waals surface area contributed by atoms with Crippen LogP contribution in [0.15, 0.2) is 0 Å². The highest BCUT2D eigenvalue weighted by molar-refractivity contribution is 5.82. The summed E-state index contributed by atoms with van der Waals surface area (Å²) in [5.74, 6) is 0.228. The van der Waals surface area contributed by atoms with Gasteiger partial charge in [-0.2, -0.15) is 0 Å². The van der Waals surface area contributed by atoms with Crippen LogP contribution in [0.2, 0.25) is 0 Å². The molecule has 1 saturated heterocycles. The van der Waals surface area contributed by atoms with Crippen LogP contribution < -0.4 is 5.73 Å². The molecular weight excluding hydrogens is 288 g/mol. The second-order valence-corrected chi connectivity index (χ2v) is 9.46. The van der Waals surface area contributed by atoms with Gasteiger partial charge < -0.3 is 15.7 Å². The van der Waals surface area contributed by atoms with Crippen molar-refractivity contribution in [3.05, 3.63) is 0 Å². The van der Waals surface area contributed by atoms with Crippen LogP contribution in [0, 0.1) is 16.7 Å². The van der Waals surface area contributed by atoms with Gasteiger partial charge in [0, 0.05) is 13.1 Å². The maximum absolute atomic E-state index is 12.7. The van der Waals surface area contributed by atoms with Crippen LogP contribution in [0.5, 0.6) is 0 Å². The van der Waals surface area contributed by atoms with Gasteiger partial charge in [-0.1, -0.05) is 27.2 Å². The zero-order chi connectivity index (χ0) is 16.9. The topological polar surface area (TPSA) is 66.6 Å². The van der Waals surface area contributed by atoms with Gasteiger partial charge in [0.25, 0.3) is 0 Å². The van der Waals surface area contributed by atoms with Crippen molar-refractivity contribution >= 4 is 5.91 Å². The van der Waals surface area contributed by atoms with Gasteiger partial charge in [-0.05, 0) is 61.7 Å². The molecule has 3 rings (SSSR count). The maximum Gasteiger partial charge on any atom is 0.239 e. The average Bonchev–Trinajstić information content (AvgIpc) is 2.96. The fourth-order valence-corrected chi connectivity index (χ4v) is 6.14. The van der Waals surface area contributed by atoms with Crippen molar-refractivity contribution in [1.29, 1.82) is 0 Å². The SMILES string of the molecule is CCC1(C)CC2(C)CC([C@H](N)C(=O)N3CCCC3)CC(O)(C1)C2. The summed E-state index contributed by atoms with van der Waals surface area (Å²) in [6.07, 6.45) is 7.84. The Morgan fingerprint density at radius 3 is 2.43 bits per heavy atom. The molecule has 4 unspecified atom stereocenters. The summed E-state index contributed by atoms with van der Waals surface area (Å²) in [4.78, 5) is 14.6. The highest BCUT2D eigenvalue weighted by Gasteiger charge is 2.55. The minimum absolute atomic E-state index is 0.109. The lowest BCUT2D eigenvalue weighted by Crippen LogP contribution is -2.58. The number of carbonyl (C=O) groups excluding carboxylic acids is 1. The van der Waals surface area contributed by atoms with Gasteiger partial charge in [-0.3, -0.25) is 4.79 Å². The van der Waals surface area contributed by atoms with Crippen LogP contribution in [0.25, 0.3) is 0 Å². The number of rotatable bonds is 3. The lowest BCUT2D eigenvalue weighted by atomic mass is 9.50. The maximum atomic E-state index is 12.7. The Balaban J connectivity index is 1.75. The van der Waals surface area contributed by atoms with E-state index < -0.39 is 11.6 Å². The normalized spacial score (nSPS) is 45.1. The van der Waals surface area contributed by atoms with Crippen molar-refractivity contribution in [2.24, 2.45) is 22.5 Å². The molecule has 0 aromatic carbocycles. The Kier molecular flexibility index (Phi) is 4.29. The molecule has 23 heavy (non-hydrogen) atoms. The molecule has 2 saturated carbocycles. The largest absolute Gasteiger partial charge is 0.390 e. The average molecular weight is 322 g/mol. The Hall–Kier alpha value is -0.610. The number of nitrogens with zero attached hydrogens (tertiary/aromatic N) is 1. The molecular formula is C19H34N2O2. The molecule has 1 heterocycles. The molecule has 132 valence electrons. The predicted octanol–water partition coefficient (Wildman–Crippen LogP) is 2.68. The molecule has 1 aliphatic heterocycles. The molecule has 5 atom stereocenters. The van der Waals surface area contributed by atoms with E-state index in [1.54, 1.807) is 0 Å². The number of amides is 1. The second-order valence-electron chi connectivity index (χ2n) is 9.46.